The molecule has 4 rings (SSSR count). The Labute approximate surface area is 155 Å². The fourth-order valence-corrected chi connectivity index (χ4v) is 5.45. The number of para-hydroxylation sites is 1. The van der Waals surface area contributed by atoms with E-state index in [9.17, 15) is 5.11 Å². The van der Waals surface area contributed by atoms with Gasteiger partial charge in [-0.05, 0) is 37.9 Å². The van der Waals surface area contributed by atoms with Crippen molar-refractivity contribution in [3.8, 4) is 5.69 Å². The third-order valence-electron chi connectivity index (χ3n) is 6.17. The first-order valence-corrected chi connectivity index (χ1v) is 9.57. The lowest BCUT2D eigenvalue weighted by molar-refractivity contribution is -0.0828. The molecule has 2 N–H and O–H groups in total. The molecule has 2 unspecified atom stereocenters. The zero-order valence-electron chi connectivity index (χ0n) is 15.8. The molecule has 6 heteroatoms. The third kappa shape index (κ3) is 2.96. The summed E-state index contributed by atoms with van der Waals surface area (Å²) in [4.78, 5) is 2.44. The van der Waals surface area contributed by atoms with E-state index in [4.69, 9.17) is 0 Å². The minimum atomic E-state index is -0.286. The van der Waals surface area contributed by atoms with Gasteiger partial charge in [0.1, 0.15) is 0 Å². The summed E-state index contributed by atoms with van der Waals surface area (Å²) in [6.45, 7) is 6.33. The molecule has 1 saturated heterocycles. The first kappa shape index (κ1) is 17.6. The molecule has 2 fully saturated rings. The van der Waals surface area contributed by atoms with Crippen LogP contribution in [-0.2, 0) is 6.54 Å². The average Bonchev–Trinajstić information content (AvgIpc) is 3.18. The van der Waals surface area contributed by atoms with Gasteiger partial charge in [0.15, 0.2) is 0 Å². The number of nitrogens with zero attached hydrogens (tertiary/aromatic N) is 4. The second-order valence-electron chi connectivity index (χ2n) is 8.40. The molecule has 1 aliphatic carbocycles. The number of aliphatic hydroxyl groups is 1. The molecule has 140 valence electrons. The Morgan fingerprint density at radius 3 is 2.73 bits per heavy atom. The fourth-order valence-electron chi connectivity index (χ4n) is 5.45. The van der Waals surface area contributed by atoms with E-state index in [-0.39, 0.29) is 17.6 Å². The molecule has 0 radical (unpaired) electrons. The van der Waals surface area contributed by atoms with Gasteiger partial charge in [0, 0.05) is 30.6 Å². The summed E-state index contributed by atoms with van der Waals surface area (Å²) in [6, 6.07) is 10.7. The van der Waals surface area contributed by atoms with Crippen LogP contribution in [0.5, 0.6) is 0 Å². The van der Waals surface area contributed by atoms with E-state index in [0.717, 1.165) is 30.8 Å². The first-order valence-electron chi connectivity index (χ1n) is 9.57. The predicted octanol–water partition coefficient (Wildman–Crippen LogP) is 1.84. The molecule has 0 amide bonds. The summed E-state index contributed by atoms with van der Waals surface area (Å²) in [7, 11) is 2.20. The van der Waals surface area contributed by atoms with E-state index in [1.54, 1.807) is 6.20 Å². The normalized spacial score (nSPS) is 31.7. The topological polar surface area (TPSA) is 66.2 Å². The van der Waals surface area contributed by atoms with Gasteiger partial charge < -0.3 is 15.3 Å². The lowest BCUT2D eigenvalue weighted by atomic mass is 9.66. The molecule has 1 aromatic heterocycles. The number of hydrogen-bond acceptors (Lipinski definition) is 5. The number of nitrogens with one attached hydrogen (secondary N) is 1. The summed E-state index contributed by atoms with van der Waals surface area (Å²) in [5.41, 5.74) is 2.28. The molecular formula is C20H29N5O. The van der Waals surface area contributed by atoms with Crippen molar-refractivity contribution >= 4 is 0 Å². The Bertz CT molecular complexity index is 741. The van der Waals surface area contributed by atoms with Crippen LogP contribution >= 0.6 is 0 Å². The van der Waals surface area contributed by atoms with E-state index < -0.39 is 0 Å². The summed E-state index contributed by atoms with van der Waals surface area (Å²) < 4.78 is 1.86. The molecule has 1 aliphatic heterocycles. The highest BCUT2D eigenvalue weighted by atomic mass is 16.3. The number of hydrogen-bond donors (Lipinski definition) is 2. The molecule has 26 heavy (non-hydrogen) atoms. The quantitative estimate of drug-likeness (QED) is 0.857. The minimum absolute atomic E-state index is 0.129. The van der Waals surface area contributed by atoms with Crippen molar-refractivity contribution in [3.63, 3.8) is 0 Å². The molecule has 2 aliphatic rings. The van der Waals surface area contributed by atoms with Crippen molar-refractivity contribution in [2.24, 2.45) is 11.3 Å². The maximum absolute atomic E-state index is 10.7. The standard InChI is InChI=1S/C20H29N5O/c1-14(2)19-20(13-24(19)3)9-17(18(26)10-20)21-11-16-12-22-23-25(16)15-7-5-4-6-8-15/h4-8,12,14,17-19,21,26H,9-11,13H2,1-3H3/t17-,18-,19?,20?/m1/s1. The Hall–Kier alpha value is -1.76. The van der Waals surface area contributed by atoms with Gasteiger partial charge in [0.2, 0.25) is 0 Å². The summed E-state index contributed by atoms with van der Waals surface area (Å²) in [6.07, 6.45) is 3.44. The molecule has 1 saturated carbocycles. The molecular weight excluding hydrogens is 326 g/mol. The van der Waals surface area contributed by atoms with Crippen LogP contribution in [0, 0.1) is 11.3 Å². The van der Waals surface area contributed by atoms with Gasteiger partial charge in [-0.25, -0.2) is 4.68 Å². The number of likely N-dealkylation sites (tertiary alicyclic amines) is 1. The van der Waals surface area contributed by atoms with Crippen molar-refractivity contribution < 1.29 is 5.11 Å². The largest absolute Gasteiger partial charge is 0.391 e. The smallest absolute Gasteiger partial charge is 0.0783 e. The Kier molecular flexibility index (Phi) is 4.59. The molecule has 2 aromatic rings. The van der Waals surface area contributed by atoms with Crippen molar-refractivity contribution in [2.45, 2.75) is 51.4 Å². The Morgan fingerprint density at radius 2 is 2.04 bits per heavy atom. The van der Waals surface area contributed by atoms with Crippen LogP contribution in [0.1, 0.15) is 32.4 Å². The number of aliphatic hydroxyl groups excluding tert-OH is 1. The molecule has 1 aromatic carbocycles. The Balaban J connectivity index is 1.43. The lowest BCUT2D eigenvalue weighted by Gasteiger charge is -2.57. The van der Waals surface area contributed by atoms with Crippen LogP contribution < -0.4 is 5.32 Å². The highest BCUT2D eigenvalue weighted by Crippen LogP contribution is 2.52. The van der Waals surface area contributed by atoms with Gasteiger partial charge in [-0.1, -0.05) is 37.3 Å². The van der Waals surface area contributed by atoms with Gasteiger partial charge in [-0.15, -0.1) is 5.10 Å². The molecule has 1 spiro atoms. The van der Waals surface area contributed by atoms with Crippen LogP contribution in [0.15, 0.2) is 36.5 Å². The van der Waals surface area contributed by atoms with Crippen molar-refractivity contribution in [1.82, 2.24) is 25.2 Å². The van der Waals surface area contributed by atoms with Crippen LogP contribution in [0.25, 0.3) is 5.69 Å². The van der Waals surface area contributed by atoms with Gasteiger partial charge in [-0.3, -0.25) is 0 Å². The van der Waals surface area contributed by atoms with Gasteiger partial charge in [-0.2, -0.15) is 0 Å². The number of aromatic nitrogens is 3. The lowest BCUT2D eigenvalue weighted by Crippen LogP contribution is -2.64. The molecule has 6 nitrogen and oxygen atoms in total. The predicted molar refractivity (Wildman–Crippen MR) is 101 cm³/mol. The average molecular weight is 355 g/mol. The van der Waals surface area contributed by atoms with Gasteiger partial charge in [0.25, 0.3) is 0 Å². The number of rotatable bonds is 5. The summed E-state index contributed by atoms with van der Waals surface area (Å²) >= 11 is 0. The van der Waals surface area contributed by atoms with Crippen molar-refractivity contribution in [3.05, 3.63) is 42.2 Å². The van der Waals surface area contributed by atoms with E-state index in [1.807, 2.05) is 35.0 Å². The van der Waals surface area contributed by atoms with Gasteiger partial charge >= 0.3 is 0 Å². The summed E-state index contributed by atoms with van der Waals surface area (Å²) in [5.74, 6) is 0.614. The van der Waals surface area contributed by atoms with Crippen LogP contribution in [0.2, 0.25) is 0 Å². The highest BCUT2D eigenvalue weighted by Gasteiger charge is 2.57. The van der Waals surface area contributed by atoms with Crippen LogP contribution in [0.3, 0.4) is 0 Å². The maximum atomic E-state index is 10.7. The second kappa shape index (κ2) is 6.76. The van der Waals surface area contributed by atoms with Crippen molar-refractivity contribution in [2.75, 3.05) is 13.6 Å². The zero-order chi connectivity index (χ0) is 18.3. The highest BCUT2D eigenvalue weighted by molar-refractivity contribution is 5.31. The van der Waals surface area contributed by atoms with E-state index in [1.165, 1.54) is 0 Å². The molecule has 0 bridgehead atoms. The van der Waals surface area contributed by atoms with E-state index in [0.29, 0.717) is 18.5 Å². The SMILES string of the molecule is CC(C)C1N(C)CC12C[C@@H](O)[C@H](NCc1cnnn1-c1ccccc1)C2. The fraction of sp³-hybridized carbons (Fsp3) is 0.600. The molecule has 4 atom stereocenters. The van der Waals surface area contributed by atoms with E-state index in [2.05, 4.69) is 41.4 Å². The van der Waals surface area contributed by atoms with Crippen LogP contribution in [0.4, 0.5) is 0 Å². The van der Waals surface area contributed by atoms with Crippen LogP contribution in [-0.4, -0.2) is 56.8 Å². The maximum Gasteiger partial charge on any atom is 0.0783 e. The monoisotopic (exact) mass is 355 g/mol. The molecule has 2 heterocycles. The summed E-state index contributed by atoms with van der Waals surface area (Å²) in [5, 5.41) is 22.5. The third-order valence-corrected chi connectivity index (χ3v) is 6.17. The Morgan fingerprint density at radius 1 is 1.27 bits per heavy atom. The zero-order valence-corrected chi connectivity index (χ0v) is 15.8. The first-order chi connectivity index (χ1) is 12.5. The minimum Gasteiger partial charge on any atom is -0.391 e. The van der Waals surface area contributed by atoms with Crippen molar-refractivity contribution in [1.29, 1.82) is 0 Å². The van der Waals surface area contributed by atoms with E-state index >= 15 is 0 Å². The number of benzene rings is 1. The van der Waals surface area contributed by atoms with Gasteiger partial charge in [0.05, 0.1) is 23.7 Å². The second-order valence-corrected chi connectivity index (χ2v) is 8.40.